The molecule has 0 fully saturated rings. The number of aliphatic hydroxyl groups excluding tert-OH is 1. The monoisotopic (exact) mass is 327 g/mol. The van der Waals surface area contributed by atoms with Gasteiger partial charge < -0.3 is 15.2 Å². The van der Waals surface area contributed by atoms with E-state index < -0.39 is 6.10 Å². The minimum Gasteiger partial charge on any atom is -0.481 e. The number of amides is 1. The molecule has 2 atom stereocenters. The van der Waals surface area contributed by atoms with Crippen LogP contribution in [0.4, 0.5) is 0 Å². The van der Waals surface area contributed by atoms with Crippen LogP contribution in [0.3, 0.4) is 0 Å². The molecular formula is C20H25NO3. The number of hydrogen-bond donors (Lipinski definition) is 2. The van der Waals surface area contributed by atoms with Gasteiger partial charge in [0, 0.05) is 13.2 Å². The second kappa shape index (κ2) is 9.73. The van der Waals surface area contributed by atoms with E-state index in [0.717, 1.165) is 6.42 Å². The summed E-state index contributed by atoms with van der Waals surface area (Å²) in [5.41, 5.74) is 1.19. The summed E-state index contributed by atoms with van der Waals surface area (Å²) in [5, 5.41) is 12.2. The van der Waals surface area contributed by atoms with Crippen molar-refractivity contribution in [3.8, 4) is 5.75 Å². The molecule has 24 heavy (non-hydrogen) atoms. The van der Waals surface area contributed by atoms with Crippen molar-refractivity contribution in [1.82, 2.24) is 5.32 Å². The molecule has 2 N–H and O–H groups in total. The summed E-state index contributed by atoms with van der Waals surface area (Å²) in [4.78, 5) is 12.1. The zero-order chi connectivity index (χ0) is 17.2. The third-order valence-corrected chi connectivity index (χ3v) is 3.97. The molecular weight excluding hydrogens is 302 g/mol. The summed E-state index contributed by atoms with van der Waals surface area (Å²) in [7, 11) is 0. The smallest absolute Gasteiger partial charge is 0.260 e. The zero-order valence-corrected chi connectivity index (χ0v) is 14.0. The third-order valence-electron chi connectivity index (χ3n) is 3.97. The van der Waals surface area contributed by atoms with E-state index in [1.54, 1.807) is 6.92 Å². The van der Waals surface area contributed by atoms with E-state index in [4.69, 9.17) is 4.74 Å². The number of carbonyl (C=O) groups is 1. The lowest BCUT2D eigenvalue weighted by molar-refractivity contribution is -0.127. The molecule has 0 aliphatic carbocycles. The molecule has 2 aromatic rings. The largest absolute Gasteiger partial charge is 0.481 e. The Bertz CT molecular complexity index is 601. The Labute approximate surface area is 143 Å². The minimum atomic E-state index is -0.541. The summed E-state index contributed by atoms with van der Waals surface area (Å²) in [6, 6.07) is 19.4. The maximum atomic E-state index is 12.1. The van der Waals surface area contributed by atoms with Crippen LogP contribution in [0.2, 0.25) is 0 Å². The molecule has 0 radical (unpaired) electrons. The summed E-state index contributed by atoms with van der Waals surface area (Å²) in [6.07, 6.45) is 0.935. The number of hydrogen-bond acceptors (Lipinski definition) is 3. The van der Waals surface area contributed by atoms with Crippen LogP contribution in [0, 0.1) is 0 Å². The van der Waals surface area contributed by atoms with Gasteiger partial charge in [-0.2, -0.15) is 0 Å². The Hall–Kier alpha value is -2.33. The average molecular weight is 327 g/mol. The molecule has 0 heterocycles. The highest BCUT2D eigenvalue weighted by Gasteiger charge is 2.16. The highest BCUT2D eigenvalue weighted by molar-refractivity contribution is 5.80. The SMILES string of the molecule is CC(Oc1ccccc1)C(=O)NCCC(CCO)c1ccccc1. The molecule has 0 saturated carbocycles. The van der Waals surface area contributed by atoms with Gasteiger partial charge in [0.15, 0.2) is 6.10 Å². The number of ether oxygens (including phenoxy) is 1. The van der Waals surface area contributed by atoms with Gasteiger partial charge in [-0.25, -0.2) is 0 Å². The van der Waals surface area contributed by atoms with E-state index in [1.807, 2.05) is 48.5 Å². The molecule has 2 unspecified atom stereocenters. The fourth-order valence-corrected chi connectivity index (χ4v) is 2.63. The van der Waals surface area contributed by atoms with Gasteiger partial charge >= 0.3 is 0 Å². The third kappa shape index (κ3) is 5.70. The van der Waals surface area contributed by atoms with Crippen LogP contribution in [0.25, 0.3) is 0 Å². The fraction of sp³-hybridized carbons (Fsp3) is 0.350. The maximum Gasteiger partial charge on any atom is 0.260 e. The van der Waals surface area contributed by atoms with Gasteiger partial charge in [0.2, 0.25) is 0 Å². The first-order valence-corrected chi connectivity index (χ1v) is 8.36. The number of para-hydroxylation sites is 1. The summed E-state index contributed by atoms with van der Waals surface area (Å²) >= 11 is 0. The highest BCUT2D eigenvalue weighted by atomic mass is 16.5. The van der Waals surface area contributed by atoms with Crippen molar-refractivity contribution >= 4 is 5.91 Å². The van der Waals surface area contributed by atoms with E-state index >= 15 is 0 Å². The van der Waals surface area contributed by atoms with Crippen LogP contribution >= 0.6 is 0 Å². The highest BCUT2D eigenvalue weighted by Crippen LogP contribution is 2.22. The summed E-state index contributed by atoms with van der Waals surface area (Å²) in [5.74, 6) is 0.791. The average Bonchev–Trinajstić information content (AvgIpc) is 2.62. The Kier molecular flexibility index (Phi) is 7.30. The number of nitrogens with one attached hydrogen (secondary N) is 1. The molecule has 0 saturated heterocycles. The van der Waals surface area contributed by atoms with Gasteiger partial charge in [0.1, 0.15) is 5.75 Å². The van der Waals surface area contributed by atoms with Gasteiger partial charge in [0.05, 0.1) is 0 Å². The second-order valence-electron chi connectivity index (χ2n) is 5.77. The number of aliphatic hydroxyl groups is 1. The lowest BCUT2D eigenvalue weighted by atomic mass is 9.93. The Morgan fingerprint density at radius 2 is 1.67 bits per heavy atom. The number of benzene rings is 2. The molecule has 0 aromatic heterocycles. The van der Waals surface area contributed by atoms with Crippen LogP contribution in [0.15, 0.2) is 60.7 Å². The standard InChI is InChI=1S/C20H25NO3/c1-16(24-19-10-6-3-7-11-19)20(23)21-14-12-18(13-15-22)17-8-4-2-5-9-17/h2-11,16,18,22H,12-15H2,1H3,(H,21,23). The first-order valence-electron chi connectivity index (χ1n) is 8.36. The molecule has 1 amide bonds. The molecule has 4 heteroatoms. The number of rotatable bonds is 9. The van der Waals surface area contributed by atoms with Gasteiger partial charge in [-0.05, 0) is 43.4 Å². The molecule has 0 aliphatic heterocycles. The maximum absolute atomic E-state index is 12.1. The van der Waals surface area contributed by atoms with Gasteiger partial charge in [0.25, 0.3) is 5.91 Å². The predicted molar refractivity (Wildman–Crippen MR) is 95.0 cm³/mol. The first kappa shape index (κ1) is 18.0. The quantitative estimate of drug-likeness (QED) is 0.744. The molecule has 0 spiro atoms. The van der Waals surface area contributed by atoms with Crippen molar-refractivity contribution in [2.45, 2.75) is 31.8 Å². The van der Waals surface area contributed by atoms with Crippen molar-refractivity contribution in [3.63, 3.8) is 0 Å². The topological polar surface area (TPSA) is 58.6 Å². The van der Waals surface area contributed by atoms with E-state index in [9.17, 15) is 9.90 Å². The van der Waals surface area contributed by atoms with E-state index in [-0.39, 0.29) is 18.4 Å². The second-order valence-corrected chi connectivity index (χ2v) is 5.77. The Balaban J connectivity index is 1.80. The van der Waals surface area contributed by atoms with Gasteiger partial charge in [-0.1, -0.05) is 48.5 Å². The van der Waals surface area contributed by atoms with Crippen molar-refractivity contribution < 1.29 is 14.6 Å². The minimum absolute atomic E-state index is 0.130. The first-order chi connectivity index (χ1) is 11.7. The molecule has 0 bridgehead atoms. The summed E-state index contributed by atoms with van der Waals surface area (Å²) in [6.45, 7) is 2.44. The Morgan fingerprint density at radius 3 is 2.29 bits per heavy atom. The molecule has 128 valence electrons. The summed E-state index contributed by atoms with van der Waals surface area (Å²) < 4.78 is 5.61. The van der Waals surface area contributed by atoms with E-state index in [1.165, 1.54) is 5.56 Å². The lowest BCUT2D eigenvalue weighted by Gasteiger charge is -2.18. The van der Waals surface area contributed by atoms with Crippen LogP contribution < -0.4 is 10.1 Å². The van der Waals surface area contributed by atoms with E-state index in [2.05, 4.69) is 17.4 Å². The zero-order valence-electron chi connectivity index (χ0n) is 14.0. The van der Waals surface area contributed by atoms with E-state index in [0.29, 0.717) is 18.7 Å². The predicted octanol–water partition coefficient (Wildman–Crippen LogP) is 3.13. The molecule has 2 rings (SSSR count). The van der Waals surface area contributed by atoms with Crippen molar-refractivity contribution in [3.05, 3.63) is 66.2 Å². The molecule has 0 aliphatic rings. The van der Waals surface area contributed by atoms with Crippen molar-refractivity contribution in [1.29, 1.82) is 0 Å². The fourth-order valence-electron chi connectivity index (χ4n) is 2.63. The van der Waals surface area contributed by atoms with Crippen LogP contribution in [0.1, 0.15) is 31.2 Å². The van der Waals surface area contributed by atoms with Crippen LogP contribution in [-0.4, -0.2) is 30.3 Å². The molecule has 2 aromatic carbocycles. The Morgan fingerprint density at radius 1 is 1.04 bits per heavy atom. The van der Waals surface area contributed by atoms with Crippen LogP contribution in [0.5, 0.6) is 5.75 Å². The lowest BCUT2D eigenvalue weighted by Crippen LogP contribution is -2.37. The van der Waals surface area contributed by atoms with Crippen LogP contribution in [-0.2, 0) is 4.79 Å². The van der Waals surface area contributed by atoms with Gasteiger partial charge in [-0.15, -0.1) is 0 Å². The van der Waals surface area contributed by atoms with Crippen molar-refractivity contribution in [2.24, 2.45) is 0 Å². The number of carbonyl (C=O) groups excluding carboxylic acids is 1. The van der Waals surface area contributed by atoms with Gasteiger partial charge in [-0.3, -0.25) is 4.79 Å². The van der Waals surface area contributed by atoms with Crippen molar-refractivity contribution in [2.75, 3.05) is 13.2 Å². The molecule has 4 nitrogen and oxygen atoms in total. The normalized spacial score (nSPS) is 13.1.